The summed E-state index contributed by atoms with van der Waals surface area (Å²) in [5.74, 6) is -0.874. The van der Waals surface area contributed by atoms with Crippen molar-refractivity contribution in [2.45, 2.75) is 30.7 Å². The second-order valence-electron chi connectivity index (χ2n) is 7.22. The maximum absolute atomic E-state index is 13.3. The van der Waals surface area contributed by atoms with Crippen LogP contribution in [0.3, 0.4) is 0 Å². The molecule has 1 unspecified atom stereocenters. The molecule has 8 nitrogen and oxygen atoms in total. The van der Waals surface area contributed by atoms with Crippen molar-refractivity contribution in [3.63, 3.8) is 0 Å². The lowest BCUT2D eigenvalue weighted by Crippen LogP contribution is -2.43. The van der Waals surface area contributed by atoms with E-state index < -0.39 is 27.8 Å². The third kappa shape index (κ3) is 3.75. The first-order valence-corrected chi connectivity index (χ1v) is 10.9. The highest BCUT2D eigenvalue weighted by Crippen LogP contribution is 2.33. The maximum Gasteiger partial charge on any atom is 0.262 e. The summed E-state index contributed by atoms with van der Waals surface area (Å²) < 4.78 is 46.2. The summed E-state index contributed by atoms with van der Waals surface area (Å²) in [6.45, 7) is 1.73. The van der Waals surface area contributed by atoms with Gasteiger partial charge in [-0.15, -0.1) is 0 Å². The first kappa shape index (κ1) is 20.3. The van der Waals surface area contributed by atoms with E-state index in [0.717, 1.165) is 4.31 Å². The van der Waals surface area contributed by atoms with Crippen LogP contribution in [0.1, 0.15) is 18.4 Å². The average molecular weight is 433 g/mol. The van der Waals surface area contributed by atoms with Crippen LogP contribution < -0.4 is 15.4 Å². The van der Waals surface area contributed by atoms with Gasteiger partial charge >= 0.3 is 0 Å². The highest BCUT2D eigenvalue weighted by Gasteiger charge is 2.40. The molecule has 1 saturated heterocycles. The Morgan fingerprint density at radius 2 is 2.07 bits per heavy atom. The average Bonchev–Trinajstić information content (AvgIpc) is 3.20. The minimum atomic E-state index is -3.99. The zero-order chi connectivity index (χ0) is 21.5. The van der Waals surface area contributed by atoms with Gasteiger partial charge in [0.1, 0.15) is 17.6 Å². The van der Waals surface area contributed by atoms with Crippen LogP contribution in [0, 0.1) is 12.7 Å². The van der Waals surface area contributed by atoms with Gasteiger partial charge in [0.25, 0.3) is 5.91 Å². The fourth-order valence-electron chi connectivity index (χ4n) is 3.63. The second kappa shape index (κ2) is 7.69. The number of hydrogen-bond acceptors (Lipinski definition) is 5. The number of fused-ring (bicyclic) bond motifs is 1. The van der Waals surface area contributed by atoms with E-state index >= 15 is 0 Å². The number of nitrogens with one attached hydrogen (secondary N) is 2. The van der Waals surface area contributed by atoms with Gasteiger partial charge in [0.15, 0.2) is 6.61 Å². The van der Waals surface area contributed by atoms with Crippen molar-refractivity contribution in [2.75, 3.05) is 23.8 Å². The molecule has 2 aliphatic rings. The van der Waals surface area contributed by atoms with E-state index in [1.807, 2.05) is 0 Å². The Morgan fingerprint density at radius 1 is 1.27 bits per heavy atom. The van der Waals surface area contributed by atoms with Crippen LogP contribution in [0.5, 0.6) is 5.75 Å². The van der Waals surface area contributed by atoms with Crippen LogP contribution >= 0.6 is 0 Å². The normalized spacial score (nSPS) is 19.0. The number of carbonyl (C=O) groups is 2. The van der Waals surface area contributed by atoms with Gasteiger partial charge in [-0.05, 0) is 61.7 Å². The maximum atomic E-state index is 13.3. The van der Waals surface area contributed by atoms with Gasteiger partial charge in [0.2, 0.25) is 15.9 Å². The van der Waals surface area contributed by atoms with Crippen LogP contribution in [0.4, 0.5) is 15.8 Å². The van der Waals surface area contributed by atoms with E-state index in [9.17, 15) is 22.4 Å². The highest BCUT2D eigenvalue weighted by molar-refractivity contribution is 7.89. The van der Waals surface area contributed by atoms with Crippen molar-refractivity contribution in [1.29, 1.82) is 0 Å². The Hall–Kier alpha value is -2.98. The Kier molecular flexibility index (Phi) is 5.20. The van der Waals surface area contributed by atoms with Crippen LogP contribution in [0.2, 0.25) is 0 Å². The molecule has 2 aromatic rings. The van der Waals surface area contributed by atoms with Crippen molar-refractivity contribution in [2.24, 2.45) is 0 Å². The van der Waals surface area contributed by atoms with E-state index in [2.05, 4.69) is 10.6 Å². The van der Waals surface area contributed by atoms with E-state index in [4.69, 9.17) is 4.74 Å². The number of anilines is 2. The Labute approximate surface area is 173 Å². The zero-order valence-corrected chi connectivity index (χ0v) is 17.0. The molecule has 2 aliphatic heterocycles. The first-order valence-electron chi connectivity index (χ1n) is 9.41. The molecule has 2 amide bonds. The molecule has 2 aromatic carbocycles. The minimum Gasteiger partial charge on any atom is -0.482 e. The van der Waals surface area contributed by atoms with Crippen LogP contribution in [-0.4, -0.2) is 43.7 Å². The van der Waals surface area contributed by atoms with E-state index in [-0.39, 0.29) is 29.6 Å². The molecule has 0 bridgehead atoms. The molecule has 0 aromatic heterocycles. The van der Waals surface area contributed by atoms with Gasteiger partial charge in [-0.1, -0.05) is 0 Å². The number of halogens is 1. The molecule has 0 aliphatic carbocycles. The smallest absolute Gasteiger partial charge is 0.262 e. The molecule has 1 atom stereocenters. The number of rotatable bonds is 4. The molecular formula is C20H20FN3O5S. The number of amides is 2. The third-order valence-corrected chi connectivity index (χ3v) is 7.05. The summed E-state index contributed by atoms with van der Waals surface area (Å²) in [7, 11) is -3.99. The third-order valence-electron chi connectivity index (χ3n) is 5.14. The number of ether oxygens (including phenoxy) is 1. The quantitative estimate of drug-likeness (QED) is 0.770. The fourth-order valence-corrected chi connectivity index (χ4v) is 5.31. The Bertz CT molecular complexity index is 1140. The standard InChI is InChI=1S/C20H20FN3O5S/c1-12-9-13(21)4-6-15(12)23-20(26)17-3-2-8-24(17)30(27,28)14-5-7-18-16(10-14)22-19(25)11-29-18/h4-7,9-10,17H,2-3,8,11H2,1H3,(H,22,25)(H,23,26). The number of benzene rings is 2. The molecule has 30 heavy (non-hydrogen) atoms. The largest absolute Gasteiger partial charge is 0.482 e. The number of carbonyl (C=O) groups excluding carboxylic acids is 2. The van der Waals surface area contributed by atoms with Gasteiger partial charge in [-0.25, -0.2) is 12.8 Å². The van der Waals surface area contributed by atoms with Gasteiger partial charge in [-0.3, -0.25) is 9.59 Å². The number of sulfonamides is 1. The summed E-state index contributed by atoms with van der Waals surface area (Å²) in [4.78, 5) is 24.3. The number of hydrogen-bond donors (Lipinski definition) is 2. The fraction of sp³-hybridized carbons (Fsp3) is 0.300. The van der Waals surface area contributed by atoms with Gasteiger partial charge in [-0.2, -0.15) is 4.31 Å². The molecule has 2 heterocycles. The predicted octanol–water partition coefficient (Wildman–Crippen LogP) is 2.26. The van der Waals surface area contributed by atoms with Gasteiger partial charge < -0.3 is 15.4 Å². The summed E-state index contributed by atoms with van der Waals surface area (Å²) in [6, 6.07) is 7.29. The second-order valence-corrected chi connectivity index (χ2v) is 9.11. The van der Waals surface area contributed by atoms with Crippen molar-refractivity contribution in [3.8, 4) is 5.75 Å². The zero-order valence-electron chi connectivity index (χ0n) is 16.1. The summed E-state index contributed by atoms with van der Waals surface area (Å²) >= 11 is 0. The first-order chi connectivity index (χ1) is 14.3. The molecule has 1 fully saturated rings. The molecule has 10 heteroatoms. The molecule has 158 valence electrons. The Balaban J connectivity index is 1.58. The SMILES string of the molecule is Cc1cc(F)ccc1NC(=O)C1CCCN1S(=O)(=O)c1ccc2c(c1)NC(=O)CO2. The lowest BCUT2D eigenvalue weighted by atomic mass is 10.1. The molecule has 0 spiro atoms. The van der Waals surface area contributed by atoms with Gasteiger partial charge in [0, 0.05) is 12.2 Å². The van der Waals surface area contributed by atoms with Crippen molar-refractivity contribution in [3.05, 3.63) is 47.8 Å². The molecule has 0 radical (unpaired) electrons. The van der Waals surface area contributed by atoms with E-state index in [1.165, 1.54) is 36.4 Å². The lowest BCUT2D eigenvalue weighted by molar-refractivity contribution is -0.119. The summed E-state index contributed by atoms with van der Waals surface area (Å²) in [5.41, 5.74) is 1.25. The van der Waals surface area contributed by atoms with Crippen LogP contribution in [-0.2, 0) is 19.6 Å². The highest BCUT2D eigenvalue weighted by atomic mass is 32.2. The van der Waals surface area contributed by atoms with Crippen molar-refractivity contribution < 1.29 is 27.1 Å². The van der Waals surface area contributed by atoms with Crippen LogP contribution in [0.25, 0.3) is 0 Å². The predicted molar refractivity (Wildman–Crippen MR) is 107 cm³/mol. The van der Waals surface area contributed by atoms with E-state index in [0.29, 0.717) is 29.8 Å². The minimum absolute atomic E-state index is 0.0373. The molecule has 0 saturated carbocycles. The number of aryl methyl sites for hydroxylation is 1. The molecule has 2 N–H and O–H groups in total. The van der Waals surface area contributed by atoms with Crippen molar-refractivity contribution in [1.82, 2.24) is 4.31 Å². The van der Waals surface area contributed by atoms with Gasteiger partial charge in [0.05, 0.1) is 10.6 Å². The topological polar surface area (TPSA) is 105 Å². The number of nitrogens with zero attached hydrogens (tertiary/aromatic N) is 1. The lowest BCUT2D eigenvalue weighted by Gasteiger charge is -2.25. The Morgan fingerprint density at radius 3 is 2.83 bits per heavy atom. The monoisotopic (exact) mass is 433 g/mol. The summed E-state index contributed by atoms with van der Waals surface area (Å²) in [6.07, 6.45) is 0.903. The van der Waals surface area contributed by atoms with Crippen LogP contribution in [0.15, 0.2) is 41.3 Å². The van der Waals surface area contributed by atoms with E-state index in [1.54, 1.807) is 6.92 Å². The molecular weight excluding hydrogens is 413 g/mol. The van der Waals surface area contributed by atoms with Crippen molar-refractivity contribution >= 4 is 33.2 Å². The molecule has 4 rings (SSSR count). The summed E-state index contributed by atoms with van der Waals surface area (Å²) in [5, 5.41) is 5.28.